The Morgan fingerprint density at radius 3 is 2.11 bits per heavy atom. The van der Waals surface area contributed by atoms with Crippen LogP contribution in [0.1, 0.15) is 56.7 Å². The summed E-state index contributed by atoms with van der Waals surface area (Å²) in [6, 6.07) is 4.07. The van der Waals surface area contributed by atoms with Gasteiger partial charge in [-0.15, -0.1) is 0 Å². The van der Waals surface area contributed by atoms with Crippen LogP contribution in [0.5, 0.6) is 5.75 Å². The van der Waals surface area contributed by atoms with E-state index in [0.29, 0.717) is 6.47 Å². The smallest absolute Gasteiger partial charge is 0.298 e. The molecule has 0 aliphatic rings. The largest absolute Gasteiger partial charge is 0.428 e. The molecule has 0 aliphatic heterocycles. The molecule has 100 valence electrons. The molecule has 0 aliphatic carbocycles. The minimum Gasteiger partial charge on any atom is -0.428 e. The molecule has 18 heavy (non-hydrogen) atoms. The Morgan fingerprint density at radius 2 is 1.56 bits per heavy atom. The normalized spacial score (nSPS) is 10.4. The fraction of sp³-hybridized carbons (Fsp3) is 0.562. The third kappa shape index (κ3) is 3.59. The monoisotopic (exact) mass is 248 g/mol. The lowest BCUT2D eigenvalue weighted by atomic mass is 9.91. The van der Waals surface area contributed by atoms with Crippen LogP contribution < -0.4 is 4.74 Å². The van der Waals surface area contributed by atoms with Gasteiger partial charge in [0.25, 0.3) is 6.47 Å². The molecule has 0 atom stereocenters. The summed E-state index contributed by atoms with van der Waals surface area (Å²) in [6.07, 6.45) is 6.50. The van der Waals surface area contributed by atoms with Gasteiger partial charge in [-0.1, -0.05) is 46.1 Å². The first kappa shape index (κ1) is 14.7. The Morgan fingerprint density at radius 1 is 0.944 bits per heavy atom. The molecule has 0 bridgehead atoms. The number of carbonyl (C=O) groups is 1. The molecule has 0 amide bonds. The summed E-state index contributed by atoms with van der Waals surface area (Å²) in [6.45, 7) is 7.08. The predicted molar refractivity (Wildman–Crippen MR) is 75.1 cm³/mol. The van der Waals surface area contributed by atoms with E-state index in [2.05, 4.69) is 26.8 Å². The van der Waals surface area contributed by atoms with Crippen LogP contribution in [-0.2, 0) is 24.1 Å². The van der Waals surface area contributed by atoms with Crippen molar-refractivity contribution >= 4 is 6.47 Å². The molecular weight excluding hydrogens is 224 g/mol. The molecule has 1 aromatic carbocycles. The number of aryl methyl sites for hydroxylation is 1. The lowest BCUT2D eigenvalue weighted by Gasteiger charge is -2.17. The van der Waals surface area contributed by atoms with Crippen molar-refractivity contribution in [2.24, 2.45) is 0 Å². The fourth-order valence-corrected chi connectivity index (χ4v) is 2.47. The molecule has 0 N–H and O–H groups in total. The van der Waals surface area contributed by atoms with Crippen LogP contribution >= 0.6 is 0 Å². The molecule has 0 aromatic heterocycles. The number of benzene rings is 1. The van der Waals surface area contributed by atoms with E-state index in [1.54, 1.807) is 0 Å². The Bertz CT molecular complexity index is 383. The van der Waals surface area contributed by atoms with Crippen LogP contribution in [0.4, 0.5) is 0 Å². The summed E-state index contributed by atoms with van der Waals surface area (Å²) in [4.78, 5) is 10.6. The maximum Gasteiger partial charge on any atom is 0.298 e. The molecule has 0 unspecified atom stereocenters. The molecule has 0 saturated carbocycles. The van der Waals surface area contributed by atoms with Crippen molar-refractivity contribution in [3.05, 3.63) is 28.8 Å². The van der Waals surface area contributed by atoms with E-state index in [9.17, 15) is 4.79 Å². The fourth-order valence-electron chi connectivity index (χ4n) is 2.47. The maximum absolute atomic E-state index is 10.6. The van der Waals surface area contributed by atoms with Crippen LogP contribution in [0, 0.1) is 0 Å². The van der Waals surface area contributed by atoms with Crippen molar-refractivity contribution in [2.75, 3.05) is 0 Å². The van der Waals surface area contributed by atoms with Crippen LogP contribution in [0.15, 0.2) is 12.1 Å². The van der Waals surface area contributed by atoms with Crippen molar-refractivity contribution < 1.29 is 9.53 Å². The second-order valence-corrected chi connectivity index (χ2v) is 4.64. The molecule has 2 heteroatoms. The number of hydrogen-bond donors (Lipinski definition) is 0. The minimum atomic E-state index is 0.531. The Kier molecular flexibility index (Phi) is 6.48. The van der Waals surface area contributed by atoms with Gasteiger partial charge in [0.05, 0.1) is 0 Å². The molecule has 1 rings (SSSR count). The van der Waals surface area contributed by atoms with Crippen molar-refractivity contribution in [3.63, 3.8) is 0 Å². The van der Waals surface area contributed by atoms with Gasteiger partial charge >= 0.3 is 0 Å². The molecule has 2 nitrogen and oxygen atoms in total. The van der Waals surface area contributed by atoms with E-state index in [1.807, 2.05) is 6.07 Å². The Labute approximate surface area is 110 Å². The quantitative estimate of drug-likeness (QED) is 0.648. The van der Waals surface area contributed by atoms with Crippen molar-refractivity contribution in [1.29, 1.82) is 0 Å². The van der Waals surface area contributed by atoms with Gasteiger partial charge in [0.2, 0.25) is 0 Å². The van der Waals surface area contributed by atoms with Crippen LogP contribution in [0.3, 0.4) is 0 Å². The number of carbonyl (C=O) groups excluding carboxylic acids is 1. The van der Waals surface area contributed by atoms with Crippen molar-refractivity contribution in [2.45, 2.75) is 59.3 Å². The second-order valence-electron chi connectivity index (χ2n) is 4.64. The average Bonchev–Trinajstić information content (AvgIpc) is 2.37. The van der Waals surface area contributed by atoms with Crippen molar-refractivity contribution in [3.8, 4) is 5.75 Å². The third-order valence-electron chi connectivity index (χ3n) is 3.18. The molecule has 0 heterocycles. The molecule has 1 aromatic rings. The minimum absolute atomic E-state index is 0.531. The highest BCUT2D eigenvalue weighted by Crippen LogP contribution is 2.29. The number of rotatable bonds is 8. The summed E-state index contributed by atoms with van der Waals surface area (Å²) in [5.74, 6) is 0.746. The second kappa shape index (κ2) is 7.91. The molecule has 0 fully saturated rings. The van der Waals surface area contributed by atoms with Crippen LogP contribution in [0.2, 0.25) is 0 Å². The predicted octanol–water partition coefficient (Wildman–Crippen LogP) is 4.08. The topological polar surface area (TPSA) is 26.3 Å². The average molecular weight is 248 g/mol. The SMILES string of the molecule is CCCc1ccc(OC=O)c(CCC)c1CCC. The zero-order chi connectivity index (χ0) is 13.4. The first-order valence-electron chi connectivity index (χ1n) is 7.02. The first-order valence-corrected chi connectivity index (χ1v) is 7.02. The summed E-state index contributed by atoms with van der Waals surface area (Å²) >= 11 is 0. The van der Waals surface area contributed by atoms with E-state index < -0.39 is 0 Å². The van der Waals surface area contributed by atoms with E-state index in [-0.39, 0.29) is 0 Å². The van der Waals surface area contributed by atoms with Gasteiger partial charge < -0.3 is 4.74 Å². The van der Waals surface area contributed by atoms with Gasteiger partial charge in [0.1, 0.15) is 5.75 Å². The molecule has 0 spiro atoms. The molecule has 0 radical (unpaired) electrons. The highest BCUT2D eigenvalue weighted by atomic mass is 16.5. The third-order valence-corrected chi connectivity index (χ3v) is 3.18. The highest BCUT2D eigenvalue weighted by molar-refractivity contribution is 5.52. The lowest BCUT2D eigenvalue weighted by Crippen LogP contribution is -2.04. The zero-order valence-electron chi connectivity index (χ0n) is 11.8. The van der Waals surface area contributed by atoms with Gasteiger partial charge in [-0.2, -0.15) is 0 Å². The van der Waals surface area contributed by atoms with Crippen LogP contribution in [0.25, 0.3) is 0 Å². The Hall–Kier alpha value is -1.31. The molecule has 0 saturated heterocycles. The number of hydrogen-bond acceptors (Lipinski definition) is 2. The summed E-state index contributed by atoms with van der Waals surface area (Å²) in [5.41, 5.74) is 4.05. The van der Waals surface area contributed by atoms with Crippen molar-refractivity contribution in [1.82, 2.24) is 0 Å². The van der Waals surface area contributed by atoms with E-state index >= 15 is 0 Å². The standard InChI is InChI=1S/C16H24O2/c1-4-7-13-10-11-16(18-12-17)15(9-6-3)14(13)8-5-2/h10-12H,4-9H2,1-3H3. The van der Waals surface area contributed by atoms with E-state index in [0.717, 1.165) is 44.3 Å². The van der Waals surface area contributed by atoms with Gasteiger partial charge in [-0.3, -0.25) is 4.79 Å². The van der Waals surface area contributed by atoms with Gasteiger partial charge in [0, 0.05) is 0 Å². The lowest BCUT2D eigenvalue weighted by molar-refractivity contribution is -0.120. The van der Waals surface area contributed by atoms with E-state index in [1.165, 1.54) is 16.7 Å². The van der Waals surface area contributed by atoms with Gasteiger partial charge in [0.15, 0.2) is 0 Å². The number of ether oxygens (including phenoxy) is 1. The summed E-state index contributed by atoms with van der Waals surface area (Å²) in [5, 5.41) is 0. The van der Waals surface area contributed by atoms with E-state index in [4.69, 9.17) is 4.74 Å². The van der Waals surface area contributed by atoms with Crippen LogP contribution in [-0.4, -0.2) is 6.47 Å². The summed E-state index contributed by atoms with van der Waals surface area (Å²) < 4.78 is 5.13. The zero-order valence-corrected chi connectivity index (χ0v) is 11.8. The highest BCUT2D eigenvalue weighted by Gasteiger charge is 2.13. The van der Waals surface area contributed by atoms with Gasteiger partial charge in [-0.05, 0) is 42.0 Å². The summed E-state index contributed by atoms with van der Waals surface area (Å²) in [7, 11) is 0. The Balaban J connectivity index is 3.23. The molecular formula is C16H24O2. The first-order chi connectivity index (χ1) is 8.78. The maximum atomic E-state index is 10.6. The van der Waals surface area contributed by atoms with Gasteiger partial charge in [-0.25, -0.2) is 0 Å².